The number of hydrogen-bond acceptors (Lipinski definition) is 4. The van der Waals surface area contributed by atoms with Crippen molar-refractivity contribution in [3.63, 3.8) is 0 Å². The lowest BCUT2D eigenvalue weighted by atomic mass is 9.86. The van der Waals surface area contributed by atoms with E-state index in [0.29, 0.717) is 38.2 Å². The number of piperidine rings is 1. The van der Waals surface area contributed by atoms with Crippen molar-refractivity contribution in [1.29, 1.82) is 0 Å². The lowest BCUT2D eigenvalue weighted by Gasteiger charge is -2.26. The third-order valence-corrected chi connectivity index (χ3v) is 5.54. The molecule has 1 aliphatic heterocycles. The van der Waals surface area contributed by atoms with Crippen molar-refractivity contribution in [3.05, 3.63) is 29.6 Å². The molecule has 1 aliphatic carbocycles. The monoisotopic (exact) mass is 378 g/mol. The average molecular weight is 378 g/mol. The van der Waals surface area contributed by atoms with Crippen LogP contribution in [0.1, 0.15) is 48.9 Å². The number of benzene rings is 1. The average Bonchev–Trinajstić information content (AvgIpc) is 2.68. The molecule has 2 fully saturated rings. The van der Waals surface area contributed by atoms with Crippen LogP contribution >= 0.6 is 0 Å². The minimum atomic E-state index is -0.776. The number of hydrogen-bond donors (Lipinski definition) is 3. The van der Waals surface area contributed by atoms with E-state index in [0.717, 1.165) is 25.9 Å². The zero-order chi connectivity index (χ0) is 19.2. The van der Waals surface area contributed by atoms with E-state index in [4.69, 9.17) is 9.84 Å². The zero-order valence-electron chi connectivity index (χ0n) is 15.4. The quantitative estimate of drug-likeness (QED) is 0.708. The molecule has 148 valence electrons. The minimum absolute atomic E-state index is 0.0630. The molecule has 1 aromatic rings. The summed E-state index contributed by atoms with van der Waals surface area (Å²) in [5.41, 5.74) is 0.252. The largest absolute Gasteiger partial charge is 0.490 e. The van der Waals surface area contributed by atoms with Gasteiger partial charge >= 0.3 is 5.97 Å². The maximum absolute atomic E-state index is 14.3. The topological polar surface area (TPSA) is 87.7 Å². The lowest BCUT2D eigenvalue weighted by Crippen LogP contribution is -2.38. The van der Waals surface area contributed by atoms with Gasteiger partial charge < -0.3 is 20.5 Å². The van der Waals surface area contributed by atoms with Crippen LogP contribution in [0.25, 0.3) is 0 Å². The summed E-state index contributed by atoms with van der Waals surface area (Å²) in [5.74, 6) is -1.38. The van der Waals surface area contributed by atoms with Gasteiger partial charge in [-0.1, -0.05) is 0 Å². The van der Waals surface area contributed by atoms with Gasteiger partial charge in [0.25, 0.3) is 5.91 Å². The first-order chi connectivity index (χ1) is 13.0. The SMILES string of the molecule is O=C(N[C@H]1CC[C@H](C(=O)O)CC1)c1ccc(OCC2CCNCC2)c(F)c1. The number of carboxylic acid groups (broad SMARTS) is 1. The Hall–Kier alpha value is -2.15. The number of amides is 1. The molecule has 1 amide bonds. The summed E-state index contributed by atoms with van der Waals surface area (Å²) in [6.07, 6.45) is 4.40. The molecule has 1 saturated heterocycles. The van der Waals surface area contributed by atoms with Crippen LogP contribution in [0.5, 0.6) is 5.75 Å². The second kappa shape index (κ2) is 9.17. The minimum Gasteiger partial charge on any atom is -0.490 e. The summed E-state index contributed by atoms with van der Waals surface area (Å²) in [6, 6.07) is 4.22. The normalized spacial score (nSPS) is 23.6. The molecule has 0 unspecified atom stereocenters. The Kier molecular flexibility index (Phi) is 6.66. The van der Waals surface area contributed by atoms with Gasteiger partial charge in [-0.25, -0.2) is 4.39 Å². The number of nitrogens with one attached hydrogen (secondary N) is 2. The maximum atomic E-state index is 14.3. The number of ether oxygens (including phenoxy) is 1. The first-order valence-electron chi connectivity index (χ1n) is 9.69. The molecular formula is C20H27FN2O4. The van der Waals surface area contributed by atoms with Crippen molar-refractivity contribution in [2.24, 2.45) is 11.8 Å². The van der Waals surface area contributed by atoms with Crippen molar-refractivity contribution in [2.45, 2.75) is 44.6 Å². The van der Waals surface area contributed by atoms with Crippen molar-refractivity contribution in [3.8, 4) is 5.75 Å². The van der Waals surface area contributed by atoms with Crippen LogP contribution in [0, 0.1) is 17.7 Å². The second-order valence-corrected chi connectivity index (χ2v) is 7.51. The third kappa shape index (κ3) is 5.42. The third-order valence-electron chi connectivity index (χ3n) is 5.54. The number of carbonyl (C=O) groups is 2. The summed E-state index contributed by atoms with van der Waals surface area (Å²) in [4.78, 5) is 23.3. The van der Waals surface area contributed by atoms with Gasteiger partial charge in [0.1, 0.15) is 0 Å². The van der Waals surface area contributed by atoms with Gasteiger partial charge in [-0.05, 0) is 75.7 Å². The first-order valence-corrected chi connectivity index (χ1v) is 9.69. The fourth-order valence-corrected chi connectivity index (χ4v) is 3.77. The van der Waals surface area contributed by atoms with Crippen LogP contribution in [0.4, 0.5) is 4.39 Å². The first kappa shape index (κ1) is 19.6. The molecule has 3 rings (SSSR count). The Morgan fingerprint density at radius 1 is 1.15 bits per heavy atom. The molecule has 1 aromatic carbocycles. The smallest absolute Gasteiger partial charge is 0.306 e. The number of rotatable bonds is 6. The van der Waals surface area contributed by atoms with Crippen LogP contribution < -0.4 is 15.4 Å². The van der Waals surface area contributed by atoms with E-state index in [1.807, 2.05) is 0 Å². The molecule has 27 heavy (non-hydrogen) atoms. The van der Waals surface area contributed by atoms with Crippen LogP contribution in [0.15, 0.2) is 18.2 Å². The van der Waals surface area contributed by atoms with E-state index < -0.39 is 11.8 Å². The number of aliphatic carboxylic acids is 1. The predicted octanol–water partition coefficient (Wildman–Crippen LogP) is 2.58. The number of carboxylic acids is 1. The van der Waals surface area contributed by atoms with Gasteiger partial charge in [-0.2, -0.15) is 0 Å². The maximum Gasteiger partial charge on any atom is 0.306 e. The van der Waals surface area contributed by atoms with Gasteiger partial charge in [0.05, 0.1) is 12.5 Å². The second-order valence-electron chi connectivity index (χ2n) is 7.51. The highest BCUT2D eigenvalue weighted by molar-refractivity contribution is 5.94. The van der Waals surface area contributed by atoms with Crippen LogP contribution in [0.3, 0.4) is 0 Å². The van der Waals surface area contributed by atoms with Crippen molar-refractivity contribution in [2.75, 3.05) is 19.7 Å². The van der Waals surface area contributed by atoms with Crippen molar-refractivity contribution < 1.29 is 23.8 Å². The Morgan fingerprint density at radius 2 is 1.85 bits per heavy atom. The predicted molar refractivity (Wildman–Crippen MR) is 98.3 cm³/mol. The highest BCUT2D eigenvalue weighted by Gasteiger charge is 2.27. The Morgan fingerprint density at radius 3 is 2.48 bits per heavy atom. The van der Waals surface area contributed by atoms with Crippen molar-refractivity contribution in [1.82, 2.24) is 10.6 Å². The van der Waals surface area contributed by atoms with Gasteiger partial charge in [0.15, 0.2) is 11.6 Å². The Balaban J connectivity index is 1.50. The molecule has 3 N–H and O–H groups in total. The summed E-state index contributed by atoms with van der Waals surface area (Å²) in [5, 5.41) is 15.2. The molecule has 0 radical (unpaired) electrons. The van der Waals surface area contributed by atoms with Gasteiger partial charge in [0.2, 0.25) is 0 Å². The highest BCUT2D eigenvalue weighted by atomic mass is 19.1. The van der Waals surface area contributed by atoms with Gasteiger partial charge in [-0.15, -0.1) is 0 Å². The number of halogens is 1. The summed E-state index contributed by atoms with van der Waals surface area (Å²) in [7, 11) is 0. The molecule has 0 atom stereocenters. The molecule has 1 saturated carbocycles. The van der Waals surface area contributed by atoms with E-state index in [-0.39, 0.29) is 29.2 Å². The van der Waals surface area contributed by atoms with E-state index in [2.05, 4.69) is 10.6 Å². The molecule has 0 bridgehead atoms. The fourth-order valence-electron chi connectivity index (χ4n) is 3.77. The van der Waals surface area contributed by atoms with Gasteiger partial charge in [-0.3, -0.25) is 9.59 Å². The van der Waals surface area contributed by atoms with Crippen molar-refractivity contribution >= 4 is 11.9 Å². The van der Waals surface area contributed by atoms with Gasteiger partial charge in [0, 0.05) is 11.6 Å². The van der Waals surface area contributed by atoms with Crippen LogP contribution in [-0.2, 0) is 4.79 Å². The molecule has 6 nitrogen and oxygen atoms in total. The molecule has 0 aromatic heterocycles. The fraction of sp³-hybridized carbons (Fsp3) is 0.600. The Labute approximate surface area is 158 Å². The van der Waals surface area contributed by atoms with E-state index >= 15 is 0 Å². The highest BCUT2D eigenvalue weighted by Crippen LogP contribution is 2.25. The van der Waals surface area contributed by atoms with E-state index in [1.165, 1.54) is 12.1 Å². The molecule has 0 spiro atoms. The number of carbonyl (C=O) groups excluding carboxylic acids is 1. The molecule has 1 heterocycles. The summed E-state index contributed by atoms with van der Waals surface area (Å²) < 4.78 is 19.9. The molecular weight excluding hydrogens is 351 g/mol. The lowest BCUT2D eigenvalue weighted by molar-refractivity contribution is -0.142. The van der Waals surface area contributed by atoms with Crippen LogP contribution in [-0.4, -0.2) is 42.7 Å². The molecule has 7 heteroatoms. The van der Waals surface area contributed by atoms with E-state index in [9.17, 15) is 14.0 Å². The van der Waals surface area contributed by atoms with E-state index in [1.54, 1.807) is 6.07 Å². The van der Waals surface area contributed by atoms with Crippen LogP contribution in [0.2, 0.25) is 0 Å². The Bertz CT molecular complexity index is 668. The molecule has 2 aliphatic rings. The summed E-state index contributed by atoms with van der Waals surface area (Å²) >= 11 is 0. The zero-order valence-corrected chi connectivity index (χ0v) is 15.4. The standard InChI is InChI=1S/C20H27FN2O4/c21-17-11-15(3-6-18(17)27-12-13-7-9-22-10-8-13)19(24)23-16-4-1-14(2-5-16)20(25)26/h3,6,11,13-14,16,22H,1-2,4-5,7-10,12H2,(H,23,24)(H,25,26)/t14-,16-. The summed E-state index contributed by atoms with van der Waals surface area (Å²) in [6.45, 7) is 2.41.